The average Bonchev–Trinajstić information content (AvgIpc) is 2.55. The number of para-hydroxylation sites is 1. The summed E-state index contributed by atoms with van der Waals surface area (Å²) in [7, 11) is 0. The van der Waals surface area contributed by atoms with Gasteiger partial charge in [-0.05, 0) is 36.2 Å². The first-order valence-corrected chi connectivity index (χ1v) is 8.22. The summed E-state index contributed by atoms with van der Waals surface area (Å²) in [5.74, 6) is 0.401. The predicted molar refractivity (Wildman–Crippen MR) is 92.4 cm³/mol. The summed E-state index contributed by atoms with van der Waals surface area (Å²) in [6, 6.07) is 12.5. The standard InChI is InChI=1S/C18H18Cl2O3/c1-2-3-7-17(21)23-18-15(20)5-4-6-16(18)22-12-13-8-10-14(19)11-9-13/h4-6,8-11H,2-3,7,12H2,1H3. The van der Waals surface area contributed by atoms with E-state index in [-0.39, 0.29) is 11.7 Å². The van der Waals surface area contributed by atoms with Gasteiger partial charge in [0.1, 0.15) is 6.61 Å². The van der Waals surface area contributed by atoms with Gasteiger partial charge in [-0.1, -0.05) is 54.7 Å². The Morgan fingerprint density at radius 1 is 1.09 bits per heavy atom. The van der Waals surface area contributed by atoms with Crippen LogP contribution in [0.5, 0.6) is 11.5 Å². The third-order valence-electron chi connectivity index (χ3n) is 3.19. The maximum atomic E-state index is 11.8. The van der Waals surface area contributed by atoms with Gasteiger partial charge in [0, 0.05) is 11.4 Å². The van der Waals surface area contributed by atoms with E-state index < -0.39 is 0 Å². The molecule has 0 radical (unpaired) electrons. The van der Waals surface area contributed by atoms with Crippen LogP contribution in [0.2, 0.25) is 10.0 Å². The van der Waals surface area contributed by atoms with Crippen LogP contribution in [0, 0.1) is 0 Å². The molecular formula is C18H18Cl2O3. The van der Waals surface area contributed by atoms with Crippen molar-refractivity contribution in [2.45, 2.75) is 32.8 Å². The number of unbranched alkanes of at least 4 members (excludes halogenated alkanes) is 1. The topological polar surface area (TPSA) is 35.5 Å². The summed E-state index contributed by atoms with van der Waals surface area (Å²) in [6.07, 6.45) is 2.07. The van der Waals surface area contributed by atoms with Gasteiger partial charge >= 0.3 is 5.97 Å². The third kappa shape index (κ3) is 5.45. The highest BCUT2D eigenvalue weighted by atomic mass is 35.5. The molecule has 2 aromatic carbocycles. The first kappa shape index (κ1) is 17.6. The van der Waals surface area contributed by atoms with E-state index >= 15 is 0 Å². The molecule has 0 aliphatic heterocycles. The molecule has 122 valence electrons. The Morgan fingerprint density at radius 2 is 1.83 bits per heavy atom. The molecule has 0 heterocycles. The Bertz CT molecular complexity index is 654. The van der Waals surface area contributed by atoms with Crippen LogP contribution in [0.4, 0.5) is 0 Å². The van der Waals surface area contributed by atoms with Crippen molar-refractivity contribution in [2.24, 2.45) is 0 Å². The molecule has 2 aromatic rings. The minimum atomic E-state index is -0.309. The van der Waals surface area contributed by atoms with E-state index in [4.69, 9.17) is 32.7 Å². The lowest BCUT2D eigenvalue weighted by Gasteiger charge is -2.13. The largest absolute Gasteiger partial charge is 0.485 e. The molecule has 0 unspecified atom stereocenters. The highest BCUT2D eigenvalue weighted by Crippen LogP contribution is 2.35. The summed E-state index contributed by atoms with van der Waals surface area (Å²) in [4.78, 5) is 11.8. The first-order valence-electron chi connectivity index (χ1n) is 7.46. The van der Waals surface area contributed by atoms with Gasteiger partial charge in [0.05, 0.1) is 5.02 Å². The minimum absolute atomic E-state index is 0.268. The molecular weight excluding hydrogens is 335 g/mol. The van der Waals surface area contributed by atoms with Gasteiger partial charge in [-0.2, -0.15) is 0 Å². The molecule has 0 atom stereocenters. The summed E-state index contributed by atoms with van der Waals surface area (Å²) in [6.45, 7) is 2.35. The van der Waals surface area contributed by atoms with Crippen molar-refractivity contribution in [1.29, 1.82) is 0 Å². The van der Waals surface area contributed by atoms with E-state index in [0.29, 0.717) is 28.8 Å². The number of carbonyl (C=O) groups is 1. The van der Waals surface area contributed by atoms with Crippen LogP contribution in [0.1, 0.15) is 31.7 Å². The summed E-state index contributed by atoms with van der Waals surface area (Å²) in [5, 5.41) is 1.02. The van der Waals surface area contributed by atoms with Gasteiger partial charge in [0.2, 0.25) is 0 Å². The number of carbonyl (C=O) groups excluding carboxylic acids is 1. The molecule has 0 aromatic heterocycles. The number of halogens is 2. The predicted octanol–water partition coefficient (Wildman–Crippen LogP) is 5.67. The fraction of sp³-hybridized carbons (Fsp3) is 0.278. The molecule has 0 saturated carbocycles. The van der Waals surface area contributed by atoms with Crippen LogP contribution in [0.3, 0.4) is 0 Å². The lowest BCUT2D eigenvalue weighted by molar-refractivity contribution is -0.134. The number of hydrogen-bond donors (Lipinski definition) is 0. The van der Waals surface area contributed by atoms with Gasteiger partial charge in [-0.25, -0.2) is 0 Å². The van der Waals surface area contributed by atoms with E-state index in [1.807, 2.05) is 19.1 Å². The zero-order chi connectivity index (χ0) is 16.7. The van der Waals surface area contributed by atoms with E-state index in [1.165, 1.54) is 0 Å². The lowest BCUT2D eigenvalue weighted by Crippen LogP contribution is -2.09. The molecule has 23 heavy (non-hydrogen) atoms. The summed E-state index contributed by atoms with van der Waals surface area (Å²) in [5.41, 5.74) is 0.956. The molecule has 2 rings (SSSR count). The van der Waals surface area contributed by atoms with Crippen molar-refractivity contribution < 1.29 is 14.3 Å². The molecule has 0 spiro atoms. The van der Waals surface area contributed by atoms with Crippen LogP contribution < -0.4 is 9.47 Å². The Hall–Kier alpha value is -1.71. The van der Waals surface area contributed by atoms with Gasteiger partial charge in [-0.15, -0.1) is 0 Å². The van der Waals surface area contributed by atoms with Crippen LogP contribution in [0.25, 0.3) is 0 Å². The van der Waals surface area contributed by atoms with Gasteiger partial charge in [0.15, 0.2) is 11.5 Å². The van der Waals surface area contributed by atoms with Crippen molar-refractivity contribution in [3.05, 3.63) is 58.1 Å². The maximum absolute atomic E-state index is 11.8. The number of esters is 1. The Balaban J connectivity index is 2.07. The molecule has 0 bridgehead atoms. The quantitative estimate of drug-likeness (QED) is 0.475. The molecule has 3 nitrogen and oxygen atoms in total. The number of benzene rings is 2. The number of hydrogen-bond acceptors (Lipinski definition) is 3. The SMILES string of the molecule is CCCCC(=O)Oc1c(Cl)cccc1OCc1ccc(Cl)cc1. The van der Waals surface area contributed by atoms with Crippen molar-refractivity contribution >= 4 is 29.2 Å². The fourth-order valence-corrected chi connectivity index (χ4v) is 2.26. The van der Waals surface area contributed by atoms with Crippen molar-refractivity contribution in [3.63, 3.8) is 0 Å². The molecule has 0 saturated heterocycles. The Labute approximate surface area is 146 Å². The lowest BCUT2D eigenvalue weighted by atomic mass is 10.2. The first-order chi connectivity index (χ1) is 11.1. The van der Waals surface area contributed by atoms with Gasteiger partial charge < -0.3 is 9.47 Å². The van der Waals surface area contributed by atoms with E-state index in [0.717, 1.165) is 18.4 Å². The van der Waals surface area contributed by atoms with E-state index in [9.17, 15) is 4.79 Å². The minimum Gasteiger partial charge on any atom is -0.485 e. The molecule has 0 N–H and O–H groups in total. The molecule has 0 fully saturated rings. The van der Waals surface area contributed by atoms with Crippen LogP contribution >= 0.6 is 23.2 Å². The second-order valence-electron chi connectivity index (χ2n) is 5.06. The highest BCUT2D eigenvalue weighted by molar-refractivity contribution is 6.32. The smallest absolute Gasteiger partial charge is 0.311 e. The van der Waals surface area contributed by atoms with E-state index in [1.54, 1.807) is 30.3 Å². The van der Waals surface area contributed by atoms with Crippen LogP contribution in [0.15, 0.2) is 42.5 Å². The van der Waals surface area contributed by atoms with Gasteiger partial charge in [0.25, 0.3) is 0 Å². The summed E-state index contributed by atoms with van der Waals surface area (Å²) >= 11 is 12.0. The second-order valence-corrected chi connectivity index (χ2v) is 5.90. The Kier molecular flexibility index (Phi) is 6.75. The Morgan fingerprint density at radius 3 is 2.52 bits per heavy atom. The average molecular weight is 353 g/mol. The number of ether oxygens (including phenoxy) is 2. The second kappa shape index (κ2) is 8.80. The van der Waals surface area contributed by atoms with Crippen LogP contribution in [-0.4, -0.2) is 5.97 Å². The van der Waals surface area contributed by atoms with E-state index in [2.05, 4.69) is 0 Å². The van der Waals surface area contributed by atoms with Gasteiger partial charge in [-0.3, -0.25) is 4.79 Å². The molecule has 0 amide bonds. The normalized spacial score (nSPS) is 10.4. The van der Waals surface area contributed by atoms with Crippen molar-refractivity contribution in [1.82, 2.24) is 0 Å². The molecule has 5 heteroatoms. The monoisotopic (exact) mass is 352 g/mol. The van der Waals surface area contributed by atoms with Crippen molar-refractivity contribution in [2.75, 3.05) is 0 Å². The van der Waals surface area contributed by atoms with Crippen molar-refractivity contribution in [3.8, 4) is 11.5 Å². The zero-order valence-corrected chi connectivity index (χ0v) is 14.4. The third-order valence-corrected chi connectivity index (χ3v) is 3.74. The fourth-order valence-electron chi connectivity index (χ4n) is 1.93. The molecule has 0 aliphatic rings. The molecule has 0 aliphatic carbocycles. The van der Waals surface area contributed by atoms with Crippen LogP contribution in [-0.2, 0) is 11.4 Å². The highest BCUT2D eigenvalue weighted by Gasteiger charge is 2.14. The summed E-state index contributed by atoms with van der Waals surface area (Å²) < 4.78 is 11.1. The zero-order valence-electron chi connectivity index (χ0n) is 12.9. The maximum Gasteiger partial charge on any atom is 0.311 e. The number of rotatable bonds is 7.